The monoisotopic (exact) mass is 335 g/mol. The Balaban J connectivity index is 1.50. The molecule has 2 aromatic carbocycles. The number of H-pyrrole nitrogens is 1. The highest BCUT2D eigenvalue weighted by Crippen LogP contribution is 2.28. The van der Waals surface area contributed by atoms with E-state index < -0.39 is 0 Å². The van der Waals surface area contributed by atoms with Crippen LogP contribution in [0, 0.1) is 6.92 Å². The highest BCUT2D eigenvalue weighted by molar-refractivity contribution is 5.94. The molecule has 0 bridgehead atoms. The van der Waals surface area contributed by atoms with E-state index in [1.165, 1.54) is 5.56 Å². The number of aryl methyl sites for hydroxylation is 1. The number of hydrogen-bond donors (Lipinski definition) is 1. The van der Waals surface area contributed by atoms with Crippen molar-refractivity contribution < 1.29 is 9.53 Å². The topological polar surface area (TPSA) is 58.2 Å². The number of imidazole rings is 1. The number of nitrogens with one attached hydrogen (secondary N) is 1. The van der Waals surface area contributed by atoms with Crippen LogP contribution >= 0.6 is 0 Å². The Labute approximate surface area is 146 Å². The summed E-state index contributed by atoms with van der Waals surface area (Å²) in [4.78, 5) is 22.7. The standard InChI is InChI=1S/C20H21N3O2/c1-13-3-8-17-18(11-13)22-19(21-17)15-9-10-23(12-15)20(24)14-4-6-16(25-2)7-5-14/h3-8,11,15H,9-10,12H2,1-2H3,(H,21,22). The minimum atomic E-state index is 0.0668. The summed E-state index contributed by atoms with van der Waals surface area (Å²) < 4.78 is 5.15. The first kappa shape index (κ1) is 15.7. The lowest BCUT2D eigenvalue weighted by Gasteiger charge is -2.16. The predicted molar refractivity (Wildman–Crippen MR) is 97.1 cm³/mol. The predicted octanol–water partition coefficient (Wildman–Crippen LogP) is 3.51. The van der Waals surface area contributed by atoms with E-state index in [1.807, 2.05) is 35.2 Å². The summed E-state index contributed by atoms with van der Waals surface area (Å²) >= 11 is 0. The third-order valence-electron chi connectivity index (χ3n) is 4.85. The van der Waals surface area contributed by atoms with Gasteiger partial charge in [-0.25, -0.2) is 4.98 Å². The maximum Gasteiger partial charge on any atom is 0.253 e. The molecule has 128 valence electrons. The molecule has 3 aromatic rings. The van der Waals surface area contributed by atoms with Gasteiger partial charge in [-0.15, -0.1) is 0 Å². The minimum Gasteiger partial charge on any atom is -0.497 e. The fourth-order valence-corrected chi connectivity index (χ4v) is 3.42. The molecule has 5 nitrogen and oxygen atoms in total. The highest BCUT2D eigenvalue weighted by Gasteiger charge is 2.29. The molecular weight excluding hydrogens is 314 g/mol. The molecule has 1 aliphatic rings. The minimum absolute atomic E-state index is 0.0668. The molecule has 2 heterocycles. The lowest BCUT2D eigenvalue weighted by molar-refractivity contribution is 0.0790. The quantitative estimate of drug-likeness (QED) is 0.797. The number of aromatic amines is 1. The van der Waals surface area contributed by atoms with Crippen LogP contribution in [-0.4, -0.2) is 41.0 Å². The van der Waals surface area contributed by atoms with Crippen molar-refractivity contribution in [2.24, 2.45) is 0 Å². The Bertz CT molecular complexity index is 914. The van der Waals surface area contributed by atoms with Crippen molar-refractivity contribution in [3.63, 3.8) is 0 Å². The summed E-state index contributed by atoms with van der Waals surface area (Å²) in [5.74, 6) is 2.06. The second kappa shape index (κ2) is 6.24. The van der Waals surface area contributed by atoms with Crippen molar-refractivity contribution in [1.82, 2.24) is 14.9 Å². The molecule has 25 heavy (non-hydrogen) atoms. The van der Waals surface area contributed by atoms with E-state index in [9.17, 15) is 4.79 Å². The summed E-state index contributed by atoms with van der Waals surface area (Å²) in [5, 5.41) is 0. The van der Waals surface area contributed by atoms with E-state index in [1.54, 1.807) is 7.11 Å². The van der Waals surface area contributed by atoms with Crippen LogP contribution in [0.3, 0.4) is 0 Å². The van der Waals surface area contributed by atoms with Gasteiger partial charge in [0.25, 0.3) is 5.91 Å². The van der Waals surface area contributed by atoms with Crippen LogP contribution in [0.5, 0.6) is 5.75 Å². The fraction of sp³-hybridized carbons (Fsp3) is 0.300. The molecule has 0 radical (unpaired) electrons. The first-order valence-corrected chi connectivity index (χ1v) is 8.53. The van der Waals surface area contributed by atoms with Crippen molar-refractivity contribution in [2.75, 3.05) is 20.2 Å². The second-order valence-electron chi connectivity index (χ2n) is 6.61. The number of methoxy groups -OCH3 is 1. The zero-order valence-electron chi connectivity index (χ0n) is 14.5. The van der Waals surface area contributed by atoms with Gasteiger partial charge in [0, 0.05) is 24.6 Å². The number of aromatic nitrogens is 2. The van der Waals surface area contributed by atoms with E-state index in [0.29, 0.717) is 12.1 Å². The number of likely N-dealkylation sites (tertiary alicyclic amines) is 1. The number of carbonyl (C=O) groups is 1. The molecule has 1 saturated heterocycles. The van der Waals surface area contributed by atoms with Crippen LogP contribution in [0.2, 0.25) is 0 Å². The Morgan fingerprint density at radius 2 is 2.04 bits per heavy atom. The molecule has 1 N–H and O–H groups in total. The van der Waals surface area contributed by atoms with Crippen LogP contribution < -0.4 is 4.74 Å². The third-order valence-corrected chi connectivity index (χ3v) is 4.85. The molecular formula is C20H21N3O2. The number of nitrogens with zero attached hydrogens (tertiary/aromatic N) is 2. The number of amides is 1. The zero-order valence-corrected chi connectivity index (χ0v) is 14.5. The third kappa shape index (κ3) is 2.97. The number of fused-ring (bicyclic) bond motifs is 1. The van der Waals surface area contributed by atoms with E-state index in [-0.39, 0.29) is 11.8 Å². The first-order valence-electron chi connectivity index (χ1n) is 8.53. The van der Waals surface area contributed by atoms with Gasteiger partial charge in [0.15, 0.2) is 0 Å². The van der Waals surface area contributed by atoms with Gasteiger partial charge in [-0.2, -0.15) is 0 Å². The smallest absolute Gasteiger partial charge is 0.253 e. The molecule has 1 aromatic heterocycles. The van der Waals surface area contributed by atoms with E-state index in [0.717, 1.165) is 35.6 Å². The molecule has 1 unspecified atom stereocenters. The Morgan fingerprint density at radius 3 is 2.80 bits per heavy atom. The second-order valence-corrected chi connectivity index (χ2v) is 6.61. The molecule has 4 rings (SSSR count). The van der Waals surface area contributed by atoms with Gasteiger partial charge in [0.05, 0.1) is 18.1 Å². The fourth-order valence-electron chi connectivity index (χ4n) is 3.42. The van der Waals surface area contributed by atoms with Gasteiger partial charge < -0.3 is 14.6 Å². The maximum atomic E-state index is 12.7. The summed E-state index contributed by atoms with van der Waals surface area (Å²) in [7, 11) is 1.62. The summed E-state index contributed by atoms with van der Waals surface area (Å²) in [5.41, 5.74) is 3.96. The number of ether oxygens (including phenoxy) is 1. The van der Waals surface area contributed by atoms with Crippen molar-refractivity contribution in [1.29, 1.82) is 0 Å². The molecule has 0 saturated carbocycles. The van der Waals surface area contributed by atoms with E-state index in [4.69, 9.17) is 9.72 Å². The van der Waals surface area contributed by atoms with Crippen molar-refractivity contribution in [3.8, 4) is 5.75 Å². The Kier molecular flexibility index (Phi) is 3.92. The van der Waals surface area contributed by atoms with Crippen LogP contribution in [-0.2, 0) is 0 Å². The number of benzene rings is 2. The van der Waals surface area contributed by atoms with Crippen molar-refractivity contribution in [3.05, 3.63) is 59.4 Å². The van der Waals surface area contributed by atoms with Gasteiger partial charge in [-0.1, -0.05) is 6.07 Å². The lowest BCUT2D eigenvalue weighted by atomic mass is 10.1. The molecule has 1 amide bonds. The number of carbonyl (C=O) groups excluding carboxylic acids is 1. The molecule has 1 aliphatic heterocycles. The van der Waals surface area contributed by atoms with Gasteiger partial charge in [-0.3, -0.25) is 4.79 Å². The number of hydrogen-bond acceptors (Lipinski definition) is 3. The van der Waals surface area contributed by atoms with Crippen LogP contribution in [0.4, 0.5) is 0 Å². The Hall–Kier alpha value is -2.82. The molecule has 1 fully saturated rings. The Morgan fingerprint density at radius 1 is 1.24 bits per heavy atom. The average Bonchev–Trinajstić information content (AvgIpc) is 3.27. The van der Waals surface area contributed by atoms with E-state index >= 15 is 0 Å². The first-order chi connectivity index (χ1) is 12.1. The molecule has 1 atom stereocenters. The van der Waals surface area contributed by atoms with Gasteiger partial charge >= 0.3 is 0 Å². The number of rotatable bonds is 3. The largest absolute Gasteiger partial charge is 0.497 e. The van der Waals surface area contributed by atoms with E-state index in [2.05, 4.69) is 24.0 Å². The maximum absolute atomic E-state index is 12.7. The van der Waals surface area contributed by atoms with Crippen molar-refractivity contribution in [2.45, 2.75) is 19.3 Å². The average molecular weight is 335 g/mol. The van der Waals surface area contributed by atoms with Gasteiger partial charge in [0.2, 0.25) is 0 Å². The molecule has 0 spiro atoms. The summed E-state index contributed by atoms with van der Waals surface area (Å²) in [6.07, 6.45) is 0.931. The zero-order chi connectivity index (χ0) is 17.4. The molecule has 5 heteroatoms. The van der Waals surface area contributed by atoms with Crippen LogP contribution in [0.15, 0.2) is 42.5 Å². The van der Waals surface area contributed by atoms with Gasteiger partial charge in [0.1, 0.15) is 11.6 Å². The summed E-state index contributed by atoms with van der Waals surface area (Å²) in [6.45, 7) is 3.53. The van der Waals surface area contributed by atoms with Crippen molar-refractivity contribution >= 4 is 16.9 Å². The summed E-state index contributed by atoms with van der Waals surface area (Å²) in [6, 6.07) is 13.5. The SMILES string of the molecule is COc1ccc(C(=O)N2CCC(c3nc4ccc(C)cc4[nH]3)C2)cc1. The lowest BCUT2D eigenvalue weighted by Crippen LogP contribution is -2.28. The molecule has 0 aliphatic carbocycles. The van der Waals surface area contributed by atoms with Crippen LogP contribution in [0.25, 0.3) is 11.0 Å². The van der Waals surface area contributed by atoms with Gasteiger partial charge in [-0.05, 0) is 55.3 Å². The highest BCUT2D eigenvalue weighted by atomic mass is 16.5. The van der Waals surface area contributed by atoms with Crippen LogP contribution in [0.1, 0.15) is 34.1 Å². The normalized spacial score (nSPS) is 17.2.